The molecular formula is C23H24ClN3O2. The van der Waals surface area contributed by atoms with E-state index in [4.69, 9.17) is 21.3 Å². The van der Waals surface area contributed by atoms with E-state index in [9.17, 15) is 4.79 Å². The Kier molecular flexibility index (Phi) is 5.58. The Morgan fingerprint density at radius 1 is 1.03 bits per heavy atom. The Hall–Kier alpha value is -2.79. The lowest BCUT2D eigenvalue weighted by Crippen LogP contribution is -2.50. The van der Waals surface area contributed by atoms with Crippen LogP contribution in [0, 0.1) is 13.8 Å². The van der Waals surface area contributed by atoms with Crippen LogP contribution in [0.25, 0.3) is 10.9 Å². The van der Waals surface area contributed by atoms with E-state index in [0.717, 1.165) is 24.4 Å². The first-order valence-electron chi connectivity index (χ1n) is 9.79. The minimum atomic E-state index is -0.00176. The van der Waals surface area contributed by atoms with Crippen LogP contribution < -0.4 is 9.64 Å². The fourth-order valence-electron chi connectivity index (χ4n) is 3.66. The number of carbonyl (C=O) groups is 1. The minimum Gasteiger partial charge on any atom is -0.484 e. The van der Waals surface area contributed by atoms with Crippen molar-refractivity contribution >= 4 is 34.2 Å². The van der Waals surface area contributed by atoms with E-state index in [1.54, 1.807) is 24.3 Å². The topological polar surface area (TPSA) is 45.7 Å². The summed E-state index contributed by atoms with van der Waals surface area (Å²) in [6, 6.07) is 15.5. The summed E-state index contributed by atoms with van der Waals surface area (Å²) in [7, 11) is 0. The lowest BCUT2D eigenvalue weighted by atomic mass is 10.1. The Morgan fingerprint density at radius 3 is 2.48 bits per heavy atom. The molecule has 0 N–H and O–H groups in total. The number of para-hydroxylation sites is 1. The van der Waals surface area contributed by atoms with Crippen molar-refractivity contribution in [2.45, 2.75) is 13.8 Å². The van der Waals surface area contributed by atoms with Gasteiger partial charge in [-0.3, -0.25) is 4.79 Å². The molecule has 1 fully saturated rings. The summed E-state index contributed by atoms with van der Waals surface area (Å²) < 4.78 is 5.59. The smallest absolute Gasteiger partial charge is 0.260 e. The van der Waals surface area contributed by atoms with Crippen LogP contribution in [-0.2, 0) is 4.79 Å². The monoisotopic (exact) mass is 409 g/mol. The molecule has 1 aromatic heterocycles. The molecule has 1 aliphatic rings. The Bertz CT molecular complexity index is 1030. The van der Waals surface area contributed by atoms with Gasteiger partial charge in [0.15, 0.2) is 6.61 Å². The molecular weight excluding hydrogens is 386 g/mol. The third-order valence-electron chi connectivity index (χ3n) is 5.37. The Balaban J connectivity index is 1.38. The predicted molar refractivity (Wildman–Crippen MR) is 117 cm³/mol. The second-order valence-electron chi connectivity index (χ2n) is 7.38. The average molecular weight is 410 g/mol. The third-order valence-corrected chi connectivity index (χ3v) is 5.62. The number of piperazine rings is 1. The molecule has 0 unspecified atom stereocenters. The summed E-state index contributed by atoms with van der Waals surface area (Å²) in [5.41, 5.74) is 3.46. The second-order valence-corrected chi connectivity index (χ2v) is 7.82. The molecule has 0 aliphatic carbocycles. The van der Waals surface area contributed by atoms with Gasteiger partial charge in [-0.1, -0.05) is 29.8 Å². The van der Waals surface area contributed by atoms with E-state index in [2.05, 4.69) is 43.0 Å². The maximum absolute atomic E-state index is 12.5. The third kappa shape index (κ3) is 4.30. The van der Waals surface area contributed by atoms with Crippen molar-refractivity contribution in [1.29, 1.82) is 0 Å². The van der Waals surface area contributed by atoms with Crippen LogP contribution in [-0.4, -0.2) is 48.6 Å². The van der Waals surface area contributed by atoms with Gasteiger partial charge < -0.3 is 14.5 Å². The van der Waals surface area contributed by atoms with Crippen molar-refractivity contribution in [3.8, 4) is 5.75 Å². The number of rotatable bonds is 4. The molecule has 1 aliphatic heterocycles. The molecule has 150 valence electrons. The lowest BCUT2D eigenvalue weighted by molar-refractivity contribution is -0.133. The van der Waals surface area contributed by atoms with Crippen LogP contribution in [0.15, 0.2) is 48.5 Å². The summed E-state index contributed by atoms with van der Waals surface area (Å²) >= 11 is 5.87. The van der Waals surface area contributed by atoms with Gasteiger partial charge in [-0.25, -0.2) is 4.98 Å². The maximum Gasteiger partial charge on any atom is 0.260 e. The number of hydrogen-bond donors (Lipinski definition) is 0. The van der Waals surface area contributed by atoms with E-state index >= 15 is 0 Å². The summed E-state index contributed by atoms with van der Waals surface area (Å²) in [6.45, 7) is 7.10. The van der Waals surface area contributed by atoms with Crippen molar-refractivity contribution in [2.24, 2.45) is 0 Å². The normalized spacial score (nSPS) is 14.3. The number of carbonyl (C=O) groups excluding carboxylic acids is 1. The van der Waals surface area contributed by atoms with Crippen molar-refractivity contribution in [3.05, 3.63) is 64.7 Å². The summed E-state index contributed by atoms with van der Waals surface area (Å²) in [4.78, 5) is 21.5. The summed E-state index contributed by atoms with van der Waals surface area (Å²) in [5, 5.41) is 1.84. The van der Waals surface area contributed by atoms with Crippen molar-refractivity contribution in [1.82, 2.24) is 9.88 Å². The molecule has 2 heterocycles. The van der Waals surface area contributed by atoms with Crippen molar-refractivity contribution in [2.75, 3.05) is 37.7 Å². The first-order valence-corrected chi connectivity index (χ1v) is 10.2. The van der Waals surface area contributed by atoms with E-state index < -0.39 is 0 Å². The molecule has 5 nitrogen and oxygen atoms in total. The molecule has 0 bridgehead atoms. The highest BCUT2D eigenvalue weighted by atomic mass is 35.5. The fraction of sp³-hybridized carbons (Fsp3) is 0.304. The zero-order chi connectivity index (χ0) is 20.4. The van der Waals surface area contributed by atoms with Gasteiger partial charge in [0.2, 0.25) is 0 Å². The first kappa shape index (κ1) is 19.5. The zero-order valence-electron chi connectivity index (χ0n) is 16.7. The van der Waals surface area contributed by atoms with Crippen LogP contribution in [0.3, 0.4) is 0 Å². The number of aromatic nitrogens is 1. The first-order chi connectivity index (χ1) is 14.0. The number of halogens is 1. The number of pyridine rings is 1. The van der Waals surface area contributed by atoms with E-state index in [1.807, 2.05) is 4.90 Å². The van der Waals surface area contributed by atoms with E-state index in [1.165, 1.54) is 16.5 Å². The largest absolute Gasteiger partial charge is 0.484 e. The summed E-state index contributed by atoms with van der Waals surface area (Å²) in [6.07, 6.45) is 0. The molecule has 0 spiro atoms. The number of nitrogens with zero attached hydrogens (tertiary/aromatic N) is 3. The predicted octanol–water partition coefficient (Wildman–Crippen LogP) is 4.23. The number of fused-ring (bicyclic) bond motifs is 1. The van der Waals surface area contributed by atoms with Crippen LogP contribution >= 0.6 is 11.6 Å². The second kappa shape index (κ2) is 8.29. The van der Waals surface area contributed by atoms with Gasteiger partial charge in [-0.2, -0.15) is 0 Å². The molecule has 1 saturated heterocycles. The van der Waals surface area contributed by atoms with Gasteiger partial charge in [0.25, 0.3) is 5.91 Å². The molecule has 29 heavy (non-hydrogen) atoms. The Morgan fingerprint density at radius 2 is 1.76 bits per heavy atom. The molecule has 4 rings (SSSR count). The molecule has 0 radical (unpaired) electrons. The highest BCUT2D eigenvalue weighted by molar-refractivity contribution is 6.30. The van der Waals surface area contributed by atoms with Crippen LogP contribution in [0.2, 0.25) is 5.02 Å². The molecule has 6 heteroatoms. The van der Waals surface area contributed by atoms with E-state index in [-0.39, 0.29) is 12.5 Å². The highest BCUT2D eigenvalue weighted by Gasteiger charge is 2.23. The SMILES string of the molecule is Cc1cc(N2CCN(C(=O)COc3ccc(Cl)cc3)CC2)nc2c(C)cccc12. The van der Waals surface area contributed by atoms with E-state index in [0.29, 0.717) is 23.9 Å². The maximum atomic E-state index is 12.5. The lowest BCUT2D eigenvalue weighted by Gasteiger charge is -2.35. The van der Waals surface area contributed by atoms with Crippen molar-refractivity contribution < 1.29 is 9.53 Å². The Labute approximate surface area is 175 Å². The molecule has 0 atom stereocenters. The van der Waals surface area contributed by atoms with Gasteiger partial charge in [-0.05, 0) is 55.3 Å². The number of benzene rings is 2. The van der Waals surface area contributed by atoms with Gasteiger partial charge in [0, 0.05) is 36.6 Å². The van der Waals surface area contributed by atoms with Crippen LogP contribution in [0.4, 0.5) is 5.82 Å². The van der Waals surface area contributed by atoms with Crippen LogP contribution in [0.1, 0.15) is 11.1 Å². The molecule has 3 aromatic rings. The molecule has 2 aromatic carbocycles. The standard InChI is InChI=1S/C23H24ClN3O2/c1-16-4-3-5-20-17(2)14-21(25-23(16)20)26-10-12-27(13-11-26)22(28)15-29-19-8-6-18(24)7-9-19/h3-9,14H,10-13,15H2,1-2H3. The van der Waals surface area contributed by atoms with Gasteiger partial charge in [0.05, 0.1) is 5.52 Å². The highest BCUT2D eigenvalue weighted by Crippen LogP contribution is 2.25. The number of hydrogen-bond acceptors (Lipinski definition) is 4. The fourth-order valence-corrected chi connectivity index (χ4v) is 3.78. The molecule has 0 saturated carbocycles. The number of ether oxygens (including phenoxy) is 1. The van der Waals surface area contributed by atoms with Crippen molar-refractivity contribution in [3.63, 3.8) is 0 Å². The number of anilines is 1. The molecule has 1 amide bonds. The minimum absolute atomic E-state index is 0.00176. The van der Waals surface area contributed by atoms with Crippen LogP contribution in [0.5, 0.6) is 5.75 Å². The van der Waals surface area contributed by atoms with Gasteiger partial charge >= 0.3 is 0 Å². The zero-order valence-corrected chi connectivity index (χ0v) is 17.4. The number of aryl methyl sites for hydroxylation is 2. The van der Waals surface area contributed by atoms with Gasteiger partial charge in [-0.15, -0.1) is 0 Å². The quantitative estimate of drug-likeness (QED) is 0.646. The average Bonchev–Trinajstić information content (AvgIpc) is 2.74. The van der Waals surface area contributed by atoms with Gasteiger partial charge in [0.1, 0.15) is 11.6 Å². The summed E-state index contributed by atoms with van der Waals surface area (Å²) in [5.74, 6) is 1.62. The number of amides is 1.